The first kappa shape index (κ1) is 10.9. The molecular formula is C12H17ClN2. The minimum Gasteiger partial charge on any atom is -0.330 e. The summed E-state index contributed by atoms with van der Waals surface area (Å²) in [6.45, 7) is 3.66. The summed E-state index contributed by atoms with van der Waals surface area (Å²) in [5, 5.41) is 0.221. The lowest BCUT2D eigenvalue weighted by molar-refractivity contribution is 0.318. The predicted octanol–water partition coefficient (Wildman–Crippen LogP) is 1.68. The van der Waals surface area contributed by atoms with Crippen molar-refractivity contribution in [3.63, 3.8) is 0 Å². The topological polar surface area (TPSA) is 29.3 Å². The molecule has 1 aliphatic rings. The second-order valence-electron chi connectivity index (χ2n) is 4.19. The molecule has 0 amide bonds. The maximum atomic E-state index is 6.22. The van der Waals surface area contributed by atoms with Crippen LogP contribution in [0.3, 0.4) is 0 Å². The average molecular weight is 225 g/mol. The van der Waals surface area contributed by atoms with E-state index in [0.29, 0.717) is 12.5 Å². The van der Waals surface area contributed by atoms with Crippen LogP contribution in [0.5, 0.6) is 0 Å². The summed E-state index contributed by atoms with van der Waals surface area (Å²) in [6, 6.07) is 10.5. The van der Waals surface area contributed by atoms with Crippen LogP contribution in [-0.4, -0.2) is 29.9 Å². The molecule has 1 aromatic rings. The maximum absolute atomic E-state index is 6.22. The van der Waals surface area contributed by atoms with Gasteiger partial charge in [-0.15, -0.1) is 11.6 Å². The first-order chi connectivity index (χ1) is 7.29. The Kier molecular flexibility index (Phi) is 3.62. The van der Waals surface area contributed by atoms with E-state index in [2.05, 4.69) is 29.2 Å². The van der Waals surface area contributed by atoms with Crippen molar-refractivity contribution in [1.82, 2.24) is 4.90 Å². The van der Waals surface area contributed by atoms with E-state index in [-0.39, 0.29) is 5.38 Å². The summed E-state index contributed by atoms with van der Waals surface area (Å²) < 4.78 is 0. The van der Waals surface area contributed by atoms with Crippen molar-refractivity contribution < 1.29 is 0 Å². The molecule has 0 saturated carbocycles. The molecule has 82 valence electrons. The van der Waals surface area contributed by atoms with Gasteiger partial charge in [-0.25, -0.2) is 0 Å². The van der Waals surface area contributed by atoms with Crippen molar-refractivity contribution in [2.75, 3.05) is 19.6 Å². The van der Waals surface area contributed by atoms with Gasteiger partial charge in [0.25, 0.3) is 0 Å². The largest absolute Gasteiger partial charge is 0.330 e. The molecule has 1 aromatic carbocycles. The van der Waals surface area contributed by atoms with Crippen molar-refractivity contribution in [3.8, 4) is 0 Å². The molecule has 2 unspecified atom stereocenters. The van der Waals surface area contributed by atoms with Gasteiger partial charge in [-0.3, -0.25) is 4.90 Å². The molecule has 0 aromatic heterocycles. The summed E-state index contributed by atoms with van der Waals surface area (Å²) >= 11 is 6.22. The second kappa shape index (κ2) is 4.97. The van der Waals surface area contributed by atoms with Crippen molar-refractivity contribution >= 4 is 11.6 Å². The van der Waals surface area contributed by atoms with Gasteiger partial charge in [-0.05, 0) is 12.1 Å². The number of alkyl halides is 1. The zero-order chi connectivity index (χ0) is 10.7. The van der Waals surface area contributed by atoms with E-state index < -0.39 is 0 Å². The van der Waals surface area contributed by atoms with Gasteiger partial charge in [-0.1, -0.05) is 30.3 Å². The van der Waals surface area contributed by atoms with Gasteiger partial charge in [0.05, 0.1) is 5.38 Å². The Hall–Kier alpha value is -0.570. The highest BCUT2D eigenvalue weighted by molar-refractivity contribution is 6.21. The Morgan fingerprint density at radius 1 is 1.27 bits per heavy atom. The number of rotatable bonds is 3. The molecule has 1 heterocycles. The molecule has 2 rings (SSSR count). The van der Waals surface area contributed by atoms with Crippen LogP contribution < -0.4 is 5.73 Å². The van der Waals surface area contributed by atoms with E-state index in [1.54, 1.807) is 0 Å². The SMILES string of the molecule is NCC1CN(Cc2ccccc2)CC1Cl. The first-order valence-corrected chi connectivity index (χ1v) is 5.83. The van der Waals surface area contributed by atoms with Crippen LogP contribution in [0.1, 0.15) is 5.56 Å². The zero-order valence-corrected chi connectivity index (χ0v) is 9.53. The lowest BCUT2D eigenvalue weighted by atomic mass is 10.1. The highest BCUT2D eigenvalue weighted by Gasteiger charge is 2.29. The Morgan fingerprint density at radius 2 is 2.00 bits per heavy atom. The Balaban J connectivity index is 1.92. The van der Waals surface area contributed by atoms with Gasteiger partial charge in [0.15, 0.2) is 0 Å². The summed E-state index contributed by atoms with van der Waals surface area (Å²) in [5.74, 6) is 0.454. The smallest absolute Gasteiger partial charge is 0.0515 e. The van der Waals surface area contributed by atoms with Crippen LogP contribution in [0.25, 0.3) is 0 Å². The molecule has 3 heteroatoms. The normalized spacial score (nSPS) is 27.1. The molecule has 0 aliphatic carbocycles. The van der Waals surface area contributed by atoms with Crippen LogP contribution in [-0.2, 0) is 6.54 Å². The number of nitrogens with zero attached hydrogens (tertiary/aromatic N) is 1. The van der Waals surface area contributed by atoms with Crippen LogP contribution >= 0.6 is 11.6 Å². The lowest BCUT2D eigenvalue weighted by Crippen LogP contribution is -2.23. The Morgan fingerprint density at radius 3 is 2.60 bits per heavy atom. The van der Waals surface area contributed by atoms with Crippen LogP contribution in [0.4, 0.5) is 0 Å². The molecule has 2 nitrogen and oxygen atoms in total. The summed E-state index contributed by atoms with van der Waals surface area (Å²) in [4.78, 5) is 2.38. The summed E-state index contributed by atoms with van der Waals surface area (Å²) in [6.07, 6.45) is 0. The minimum absolute atomic E-state index is 0.221. The monoisotopic (exact) mass is 224 g/mol. The molecule has 1 fully saturated rings. The molecule has 1 aliphatic heterocycles. The Bertz CT molecular complexity index is 302. The average Bonchev–Trinajstić information content (AvgIpc) is 2.60. The summed E-state index contributed by atoms with van der Waals surface area (Å²) in [5.41, 5.74) is 7.02. The third kappa shape index (κ3) is 2.71. The van der Waals surface area contributed by atoms with Crippen LogP contribution in [0, 0.1) is 5.92 Å². The van der Waals surface area contributed by atoms with Gasteiger partial charge in [-0.2, -0.15) is 0 Å². The number of benzene rings is 1. The van der Waals surface area contributed by atoms with E-state index in [0.717, 1.165) is 19.6 Å². The fourth-order valence-electron chi connectivity index (χ4n) is 2.11. The van der Waals surface area contributed by atoms with Crippen LogP contribution in [0.2, 0.25) is 0 Å². The highest BCUT2D eigenvalue weighted by Crippen LogP contribution is 2.22. The lowest BCUT2D eigenvalue weighted by Gasteiger charge is -2.15. The predicted molar refractivity (Wildman–Crippen MR) is 63.9 cm³/mol. The van der Waals surface area contributed by atoms with Gasteiger partial charge < -0.3 is 5.73 Å². The highest BCUT2D eigenvalue weighted by atomic mass is 35.5. The number of halogens is 1. The molecule has 2 atom stereocenters. The number of likely N-dealkylation sites (tertiary alicyclic amines) is 1. The third-order valence-electron chi connectivity index (χ3n) is 2.99. The van der Waals surface area contributed by atoms with Gasteiger partial charge in [0, 0.05) is 25.6 Å². The summed E-state index contributed by atoms with van der Waals surface area (Å²) in [7, 11) is 0. The molecule has 1 saturated heterocycles. The van der Waals surface area contributed by atoms with E-state index in [9.17, 15) is 0 Å². The fraction of sp³-hybridized carbons (Fsp3) is 0.500. The number of hydrogen-bond donors (Lipinski definition) is 1. The molecule has 2 N–H and O–H groups in total. The van der Waals surface area contributed by atoms with E-state index in [1.807, 2.05) is 6.07 Å². The maximum Gasteiger partial charge on any atom is 0.0515 e. The molecule has 15 heavy (non-hydrogen) atoms. The fourth-order valence-corrected chi connectivity index (χ4v) is 2.49. The van der Waals surface area contributed by atoms with E-state index >= 15 is 0 Å². The standard InChI is InChI=1S/C12H17ClN2/c13-12-9-15(8-11(12)6-14)7-10-4-2-1-3-5-10/h1-5,11-12H,6-9,14H2. The van der Waals surface area contributed by atoms with Gasteiger partial charge in [0.1, 0.15) is 0 Å². The Labute approximate surface area is 96.0 Å². The van der Waals surface area contributed by atoms with Crippen molar-refractivity contribution in [2.45, 2.75) is 11.9 Å². The van der Waals surface area contributed by atoms with Crippen molar-refractivity contribution in [1.29, 1.82) is 0 Å². The number of hydrogen-bond acceptors (Lipinski definition) is 2. The quantitative estimate of drug-likeness (QED) is 0.792. The molecule has 0 spiro atoms. The van der Waals surface area contributed by atoms with Crippen molar-refractivity contribution in [2.24, 2.45) is 11.7 Å². The molecular weight excluding hydrogens is 208 g/mol. The van der Waals surface area contributed by atoms with Crippen LogP contribution in [0.15, 0.2) is 30.3 Å². The van der Waals surface area contributed by atoms with Gasteiger partial charge in [0.2, 0.25) is 0 Å². The third-order valence-corrected chi connectivity index (χ3v) is 3.48. The van der Waals surface area contributed by atoms with E-state index in [1.165, 1.54) is 5.56 Å². The molecule has 0 radical (unpaired) electrons. The van der Waals surface area contributed by atoms with Crippen molar-refractivity contribution in [3.05, 3.63) is 35.9 Å². The van der Waals surface area contributed by atoms with E-state index in [4.69, 9.17) is 17.3 Å². The second-order valence-corrected chi connectivity index (χ2v) is 4.75. The first-order valence-electron chi connectivity index (χ1n) is 5.40. The minimum atomic E-state index is 0.221. The van der Waals surface area contributed by atoms with Gasteiger partial charge >= 0.3 is 0 Å². The zero-order valence-electron chi connectivity index (χ0n) is 8.77. The molecule has 0 bridgehead atoms. The number of nitrogens with two attached hydrogens (primary N) is 1.